The van der Waals surface area contributed by atoms with Gasteiger partial charge in [-0.3, -0.25) is 9.89 Å². The highest BCUT2D eigenvalue weighted by molar-refractivity contribution is 14.0. The number of nitrogens with one attached hydrogen (secondary N) is 1. The van der Waals surface area contributed by atoms with Crippen molar-refractivity contribution in [2.75, 3.05) is 45.9 Å². The van der Waals surface area contributed by atoms with Crippen LogP contribution < -0.4 is 11.1 Å². The molecule has 2 fully saturated rings. The predicted octanol–water partition coefficient (Wildman–Crippen LogP) is 2.45. The average Bonchev–Trinajstić information content (AvgIpc) is 2.47. The molecule has 2 rings (SSSR count). The highest BCUT2D eigenvalue weighted by Crippen LogP contribution is 2.46. The van der Waals surface area contributed by atoms with Gasteiger partial charge in [-0.05, 0) is 43.6 Å². The standard InChI is InChI=1S/C17H34N4O.HI/c1-15(2)13-17(5-3-6-17)14-20-16(18)19-7-4-8-21-9-11-22-12-10-21;/h15H,3-14H2,1-2H3,(H3,18,19,20);1H. The summed E-state index contributed by atoms with van der Waals surface area (Å²) in [4.78, 5) is 7.05. The van der Waals surface area contributed by atoms with Crippen molar-refractivity contribution in [2.24, 2.45) is 22.1 Å². The highest BCUT2D eigenvalue weighted by Gasteiger charge is 2.37. The van der Waals surface area contributed by atoms with Gasteiger partial charge < -0.3 is 15.8 Å². The minimum absolute atomic E-state index is 0. The van der Waals surface area contributed by atoms with Crippen molar-refractivity contribution in [1.29, 1.82) is 0 Å². The van der Waals surface area contributed by atoms with E-state index in [1.165, 1.54) is 25.7 Å². The summed E-state index contributed by atoms with van der Waals surface area (Å²) in [6.07, 6.45) is 6.38. The molecular formula is C17H35IN4O. The van der Waals surface area contributed by atoms with Crippen LogP contribution in [-0.4, -0.2) is 56.8 Å². The molecule has 0 spiro atoms. The third-order valence-electron chi connectivity index (χ3n) is 4.90. The lowest BCUT2D eigenvalue weighted by atomic mass is 9.64. The summed E-state index contributed by atoms with van der Waals surface area (Å²) in [5.41, 5.74) is 6.45. The van der Waals surface area contributed by atoms with Crippen molar-refractivity contribution >= 4 is 29.9 Å². The van der Waals surface area contributed by atoms with E-state index < -0.39 is 0 Å². The average molecular weight is 438 g/mol. The number of aliphatic imine (C=N–C) groups is 1. The Bertz CT molecular complexity index is 353. The Morgan fingerprint density at radius 1 is 1.30 bits per heavy atom. The van der Waals surface area contributed by atoms with Gasteiger partial charge >= 0.3 is 0 Å². The normalized spacial score (nSPS) is 21.6. The minimum Gasteiger partial charge on any atom is -0.379 e. The fourth-order valence-corrected chi connectivity index (χ4v) is 3.62. The number of guanidine groups is 1. The molecule has 1 saturated heterocycles. The molecule has 0 atom stereocenters. The first-order valence-corrected chi connectivity index (χ1v) is 8.94. The zero-order valence-electron chi connectivity index (χ0n) is 14.9. The number of rotatable bonds is 8. The van der Waals surface area contributed by atoms with Crippen molar-refractivity contribution in [1.82, 2.24) is 10.2 Å². The number of hydrogen-bond donors (Lipinski definition) is 2. The fraction of sp³-hybridized carbons (Fsp3) is 0.941. The van der Waals surface area contributed by atoms with Gasteiger partial charge in [0.25, 0.3) is 0 Å². The molecule has 0 bridgehead atoms. The van der Waals surface area contributed by atoms with Gasteiger partial charge in [-0.15, -0.1) is 24.0 Å². The topological polar surface area (TPSA) is 62.9 Å². The van der Waals surface area contributed by atoms with Crippen LogP contribution in [0.25, 0.3) is 0 Å². The van der Waals surface area contributed by atoms with Crippen LogP contribution in [0.4, 0.5) is 0 Å². The molecule has 0 aromatic heterocycles. The minimum atomic E-state index is 0. The molecule has 1 saturated carbocycles. The van der Waals surface area contributed by atoms with Crippen LogP contribution in [0.5, 0.6) is 0 Å². The fourth-order valence-electron chi connectivity index (χ4n) is 3.62. The van der Waals surface area contributed by atoms with E-state index in [2.05, 4.69) is 29.1 Å². The first kappa shape index (κ1) is 21.0. The number of hydrogen-bond acceptors (Lipinski definition) is 3. The summed E-state index contributed by atoms with van der Waals surface area (Å²) < 4.78 is 5.36. The van der Waals surface area contributed by atoms with Crippen molar-refractivity contribution in [3.05, 3.63) is 0 Å². The van der Waals surface area contributed by atoms with Gasteiger partial charge in [0, 0.05) is 26.2 Å². The molecule has 2 aliphatic rings. The van der Waals surface area contributed by atoms with Gasteiger partial charge in [0.2, 0.25) is 0 Å². The quantitative estimate of drug-likeness (QED) is 0.265. The second-order valence-electron chi connectivity index (χ2n) is 7.39. The molecular weight excluding hydrogens is 403 g/mol. The van der Waals surface area contributed by atoms with E-state index in [4.69, 9.17) is 10.5 Å². The Labute approximate surface area is 158 Å². The molecule has 5 nitrogen and oxygen atoms in total. The Kier molecular flexibility index (Phi) is 9.77. The van der Waals surface area contributed by atoms with Crippen molar-refractivity contribution in [2.45, 2.75) is 46.0 Å². The van der Waals surface area contributed by atoms with E-state index in [-0.39, 0.29) is 24.0 Å². The van der Waals surface area contributed by atoms with Crippen LogP contribution in [0.3, 0.4) is 0 Å². The summed E-state index contributed by atoms with van der Waals surface area (Å²) in [6, 6.07) is 0. The lowest BCUT2D eigenvalue weighted by molar-refractivity contribution is 0.0376. The monoisotopic (exact) mass is 438 g/mol. The first-order chi connectivity index (χ1) is 10.6. The second kappa shape index (κ2) is 10.7. The number of nitrogens with zero attached hydrogens (tertiary/aromatic N) is 2. The third-order valence-corrected chi connectivity index (χ3v) is 4.90. The molecule has 1 heterocycles. The molecule has 0 unspecified atom stereocenters. The van der Waals surface area contributed by atoms with Crippen molar-refractivity contribution in [3.63, 3.8) is 0 Å². The van der Waals surface area contributed by atoms with Gasteiger partial charge in [-0.1, -0.05) is 20.3 Å². The van der Waals surface area contributed by atoms with Crippen molar-refractivity contribution in [3.8, 4) is 0 Å². The van der Waals surface area contributed by atoms with Gasteiger partial charge in [-0.25, -0.2) is 0 Å². The van der Waals surface area contributed by atoms with E-state index in [0.717, 1.165) is 58.3 Å². The maximum atomic E-state index is 6.02. The summed E-state index contributed by atoms with van der Waals surface area (Å²) in [5, 5.41) is 3.27. The molecule has 0 radical (unpaired) electrons. The van der Waals surface area contributed by atoms with Crippen LogP contribution in [0, 0.1) is 11.3 Å². The SMILES string of the molecule is CC(C)CC1(CN=C(N)NCCCN2CCOCC2)CCC1.I. The van der Waals surface area contributed by atoms with E-state index in [0.29, 0.717) is 11.4 Å². The number of ether oxygens (including phenoxy) is 1. The summed E-state index contributed by atoms with van der Waals surface area (Å²) in [6.45, 7) is 11.4. The van der Waals surface area contributed by atoms with Crippen LogP contribution in [0.1, 0.15) is 46.0 Å². The Hall–Kier alpha value is -0.0800. The largest absolute Gasteiger partial charge is 0.379 e. The Morgan fingerprint density at radius 3 is 2.57 bits per heavy atom. The summed E-state index contributed by atoms with van der Waals surface area (Å²) in [5.74, 6) is 1.37. The maximum Gasteiger partial charge on any atom is 0.188 e. The zero-order valence-corrected chi connectivity index (χ0v) is 17.2. The molecule has 0 amide bonds. The molecule has 1 aliphatic heterocycles. The number of morpholine rings is 1. The van der Waals surface area contributed by atoms with E-state index in [1.807, 2.05) is 0 Å². The highest BCUT2D eigenvalue weighted by atomic mass is 127. The van der Waals surface area contributed by atoms with Gasteiger partial charge in [-0.2, -0.15) is 0 Å². The predicted molar refractivity (Wildman–Crippen MR) is 108 cm³/mol. The molecule has 6 heteroatoms. The third kappa shape index (κ3) is 7.56. The number of halogens is 1. The van der Waals surface area contributed by atoms with Gasteiger partial charge in [0.05, 0.1) is 13.2 Å². The molecule has 23 heavy (non-hydrogen) atoms. The van der Waals surface area contributed by atoms with Crippen LogP contribution in [0.2, 0.25) is 0 Å². The van der Waals surface area contributed by atoms with Crippen LogP contribution in [0.15, 0.2) is 4.99 Å². The molecule has 3 N–H and O–H groups in total. The summed E-state index contributed by atoms with van der Waals surface area (Å²) >= 11 is 0. The Morgan fingerprint density at radius 2 is 2.00 bits per heavy atom. The first-order valence-electron chi connectivity index (χ1n) is 8.94. The van der Waals surface area contributed by atoms with E-state index in [1.54, 1.807) is 0 Å². The molecule has 1 aliphatic carbocycles. The second-order valence-corrected chi connectivity index (χ2v) is 7.39. The summed E-state index contributed by atoms with van der Waals surface area (Å²) in [7, 11) is 0. The lowest BCUT2D eigenvalue weighted by Crippen LogP contribution is -2.40. The lowest BCUT2D eigenvalue weighted by Gasteiger charge is -2.42. The van der Waals surface area contributed by atoms with Gasteiger partial charge in [0.15, 0.2) is 5.96 Å². The van der Waals surface area contributed by atoms with Crippen LogP contribution in [-0.2, 0) is 4.74 Å². The van der Waals surface area contributed by atoms with E-state index >= 15 is 0 Å². The molecule has 0 aromatic carbocycles. The Balaban J connectivity index is 0.00000264. The van der Waals surface area contributed by atoms with Crippen LogP contribution >= 0.6 is 24.0 Å². The maximum absolute atomic E-state index is 6.02. The molecule has 0 aromatic rings. The zero-order chi connectivity index (χ0) is 15.8. The smallest absolute Gasteiger partial charge is 0.188 e. The van der Waals surface area contributed by atoms with Crippen molar-refractivity contribution < 1.29 is 4.74 Å². The van der Waals surface area contributed by atoms with E-state index in [9.17, 15) is 0 Å². The number of nitrogens with two attached hydrogens (primary N) is 1. The van der Waals surface area contributed by atoms with Gasteiger partial charge in [0.1, 0.15) is 0 Å². The molecule has 136 valence electrons.